The average Bonchev–Trinajstić information content (AvgIpc) is 2.60. The molecule has 0 saturated carbocycles. The van der Waals surface area contributed by atoms with Gasteiger partial charge in [0, 0.05) is 12.8 Å². The van der Waals surface area contributed by atoms with Crippen LogP contribution in [0.5, 0.6) is 0 Å². The molecule has 2 heteroatoms. The van der Waals surface area contributed by atoms with Gasteiger partial charge in [-0.1, -0.05) is 103 Å². The Kier molecular flexibility index (Phi) is 21.7. The molecule has 0 aromatic carbocycles. The van der Waals surface area contributed by atoms with Crippen molar-refractivity contribution in [3.8, 4) is 0 Å². The summed E-state index contributed by atoms with van der Waals surface area (Å²) >= 11 is 0. The maximum absolute atomic E-state index is 10.2. The predicted molar refractivity (Wildman–Crippen MR) is 104 cm³/mol. The van der Waals surface area contributed by atoms with Crippen molar-refractivity contribution < 1.29 is 9.59 Å². The fourth-order valence-corrected chi connectivity index (χ4v) is 3.28. The summed E-state index contributed by atoms with van der Waals surface area (Å²) in [5, 5.41) is 0. The van der Waals surface area contributed by atoms with Crippen LogP contribution in [-0.2, 0) is 9.59 Å². The minimum atomic E-state index is 0.751. The van der Waals surface area contributed by atoms with E-state index in [4.69, 9.17) is 0 Å². The molecule has 0 aromatic heterocycles. The number of carbonyl (C=O) groups excluding carboxylic acids is 2. The van der Waals surface area contributed by atoms with Crippen LogP contribution in [0.25, 0.3) is 0 Å². The first kappa shape index (κ1) is 23.3. The van der Waals surface area contributed by atoms with Gasteiger partial charge in [-0.25, -0.2) is 0 Å². The van der Waals surface area contributed by atoms with Crippen molar-refractivity contribution in [1.29, 1.82) is 0 Å². The van der Waals surface area contributed by atoms with Crippen LogP contribution < -0.4 is 0 Å². The van der Waals surface area contributed by atoms with Gasteiger partial charge in [0.05, 0.1) is 0 Å². The molecule has 0 radical (unpaired) electrons. The number of hydrogen-bond acceptors (Lipinski definition) is 2. The summed E-state index contributed by atoms with van der Waals surface area (Å²) in [5.41, 5.74) is 0. The van der Waals surface area contributed by atoms with Gasteiger partial charge >= 0.3 is 0 Å². The van der Waals surface area contributed by atoms with Crippen LogP contribution in [0.3, 0.4) is 0 Å². The molecule has 0 rings (SSSR count). The summed E-state index contributed by atoms with van der Waals surface area (Å²) in [7, 11) is 0. The monoisotopic (exact) mass is 338 g/mol. The molecule has 0 fully saturated rings. The van der Waals surface area contributed by atoms with E-state index < -0.39 is 0 Å². The Balaban J connectivity index is 2.95. The van der Waals surface area contributed by atoms with Gasteiger partial charge in [-0.3, -0.25) is 0 Å². The van der Waals surface area contributed by atoms with Crippen molar-refractivity contribution in [1.82, 2.24) is 0 Å². The van der Waals surface area contributed by atoms with Crippen LogP contribution in [0.2, 0.25) is 0 Å². The first-order chi connectivity index (χ1) is 11.9. The number of unbranched alkanes of at least 4 members (excludes halogenated alkanes) is 19. The van der Waals surface area contributed by atoms with Crippen molar-refractivity contribution in [2.24, 2.45) is 0 Å². The van der Waals surface area contributed by atoms with Crippen LogP contribution in [0.15, 0.2) is 0 Å². The Morgan fingerprint density at radius 1 is 0.292 bits per heavy atom. The zero-order valence-corrected chi connectivity index (χ0v) is 16.1. The Morgan fingerprint density at radius 3 is 0.625 bits per heavy atom. The predicted octanol–water partition coefficient (Wildman–Crippen LogP) is 7.19. The number of carbonyl (C=O) groups is 2. The van der Waals surface area contributed by atoms with Gasteiger partial charge in [0.15, 0.2) is 0 Å². The molecular formula is C22H42O2. The molecule has 24 heavy (non-hydrogen) atoms. The molecule has 0 amide bonds. The van der Waals surface area contributed by atoms with Gasteiger partial charge in [0.1, 0.15) is 12.6 Å². The van der Waals surface area contributed by atoms with E-state index in [1.807, 2.05) is 0 Å². The van der Waals surface area contributed by atoms with Gasteiger partial charge in [-0.2, -0.15) is 0 Å². The van der Waals surface area contributed by atoms with E-state index in [0.29, 0.717) is 0 Å². The second-order valence-electron chi connectivity index (χ2n) is 7.27. The van der Waals surface area contributed by atoms with E-state index in [1.165, 1.54) is 103 Å². The quantitative estimate of drug-likeness (QED) is 0.164. The van der Waals surface area contributed by atoms with Crippen LogP contribution in [0.1, 0.15) is 128 Å². The molecule has 0 spiro atoms. The molecule has 142 valence electrons. The van der Waals surface area contributed by atoms with E-state index in [-0.39, 0.29) is 0 Å². The first-order valence-electron chi connectivity index (χ1n) is 10.8. The maximum atomic E-state index is 10.2. The van der Waals surface area contributed by atoms with E-state index in [0.717, 1.165) is 38.3 Å². The topological polar surface area (TPSA) is 34.1 Å². The SMILES string of the molecule is O=CCCCCCCCCCCCCCCCCCCCCC=O. The summed E-state index contributed by atoms with van der Waals surface area (Å²) in [6, 6.07) is 0. The number of rotatable bonds is 21. The summed E-state index contributed by atoms with van der Waals surface area (Å²) in [5.74, 6) is 0. The lowest BCUT2D eigenvalue weighted by molar-refractivity contribution is -0.108. The molecule has 0 aliphatic carbocycles. The largest absolute Gasteiger partial charge is 0.303 e. The van der Waals surface area contributed by atoms with Gasteiger partial charge in [-0.15, -0.1) is 0 Å². The van der Waals surface area contributed by atoms with Crippen molar-refractivity contribution in [2.75, 3.05) is 0 Å². The summed E-state index contributed by atoms with van der Waals surface area (Å²) in [6.07, 6.45) is 27.6. The Hall–Kier alpha value is -0.660. The fourth-order valence-electron chi connectivity index (χ4n) is 3.28. The third-order valence-corrected chi connectivity index (χ3v) is 4.89. The lowest BCUT2D eigenvalue weighted by atomic mass is 10.0. The zero-order valence-electron chi connectivity index (χ0n) is 16.1. The van der Waals surface area contributed by atoms with Crippen LogP contribution in [0, 0.1) is 0 Å². The van der Waals surface area contributed by atoms with Crippen molar-refractivity contribution in [2.45, 2.75) is 128 Å². The molecule has 0 N–H and O–H groups in total. The van der Waals surface area contributed by atoms with E-state index in [9.17, 15) is 9.59 Å². The van der Waals surface area contributed by atoms with Crippen molar-refractivity contribution in [3.05, 3.63) is 0 Å². The summed E-state index contributed by atoms with van der Waals surface area (Å²) in [4.78, 5) is 20.4. The average molecular weight is 339 g/mol. The molecule has 0 unspecified atom stereocenters. The lowest BCUT2D eigenvalue weighted by Gasteiger charge is -2.03. The minimum absolute atomic E-state index is 0.751. The molecule has 0 aliphatic rings. The summed E-state index contributed by atoms with van der Waals surface area (Å²) < 4.78 is 0. The highest BCUT2D eigenvalue weighted by Crippen LogP contribution is 2.14. The molecular weight excluding hydrogens is 296 g/mol. The third-order valence-electron chi connectivity index (χ3n) is 4.89. The highest BCUT2D eigenvalue weighted by molar-refractivity contribution is 5.49. The van der Waals surface area contributed by atoms with Crippen molar-refractivity contribution >= 4 is 12.6 Å². The zero-order chi connectivity index (χ0) is 17.6. The normalized spacial score (nSPS) is 10.8. The van der Waals surface area contributed by atoms with Crippen molar-refractivity contribution in [3.63, 3.8) is 0 Å². The number of hydrogen-bond donors (Lipinski definition) is 0. The fraction of sp³-hybridized carbons (Fsp3) is 0.909. The Morgan fingerprint density at radius 2 is 0.458 bits per heavy atom. The molecule has 2 nitrogen and oxygen atoms in total. The second-order valence-corrected chi connectivity index (χ2v) is 7.27. The van der Waals surface area contributed by atoms with E-state index >= 15 is 0 Å². The van der Waals surface area contributed by atoms with Crippen LogP contribution >= 0.6 is 0 Å². The lowest BCUT2D eigenvalue weighted by Crippen LogP contribution is -1.84. The van der Waals surface area contributed by atoms with Gasteiger partial charge in [0.25, 0.3) is 0 Å². The van der Waals surface area contributed by atoms with E-state index in [2.05, 4.69) is 0 Å². The molecule has 0 heterocycles. The second kappa shape index (κ2) is 22.3. The standard InChI is InChI=1S/C22H42O2/c23-21-19-17-15-13-11-9-7-5-3-1-2-4-6-8-10-12-14-16-18-20-22-24/h21-22H,1-20H2. The first-order valence-corrected chi connectivity index (χ1v) is 10.8. The van der Waals surface area contributed by atoms with Gasteiger partial charge in [0.2, 0.25) is 0 Å². The van der Waals surface area contributed by atoms with Gasteiger partial charge < -0.3 is 9.59 Å². The van der Waals surface area contributed by atoms with E-state index in [1.54, 1.807) is 0 Å². The molecule has 0 saturated heterocycles. The Bertz CT molecular complexity index is 224. The van der Waals surface area contributed by atoms with Crippen LogP contribution in [-0.4, -0.2) is 12.6 Å². The van der Waals surface area contributed by atoms with Gasteiger partial charge in [-0.05, 0) is 12.8 Å². The third kappa shape index (κ3) is 21.3. The molecule has 0 aliphatic heterocycles. The summed E-state index contributed by atoms with van der Waals surface area (Å²) in [6.45, 7) is 0. The minimum Gasteiger partial charge on any atom is -0.303 e. The van der Waals surface area contributed by atoms with Crippen LogP contribution in [0.4, 0.5) is 0 Å². The molecule has 0 aromatic rings. The maximum Gasteiger partial charge on any atom is 0.119 e. The molecule has 0 atom stereocenters. The number of aldehydes is 2. The highest BCUT2D eigenvalue weighted by atomic mass is 16.1. The highest BCUT2D eigenvalue weighted by Gasteiger charge is 1.95. The Labute approximate surface area is 151 Å². The smallest absolute Gasteiger partial charge is 0.119 e. The molecule has 0 bridgehead atoms.